The molecule has 0 aromatic heterocycles. The van der Waals surface area contributed by atoms with Crippen molar-refractivity contribution in [2.24, 2.45) is 0 Å². The summed E-state index contributed by atoms with van der Waals surface area (Å²) < 4.78 is 1.11. The first kappa shape index (κ1) is 16.3. The third-order valence-corrected chi connectivity index (χ3v) is 4.48. The van der Waals surface area contributed by atoms with Crippen LogP contribution in [0.1, 0.15) is 31.4 Å². The van der Waals surface area contributed by atoms with Crippen molar-refractivity contribution in [3.8, 4) is 0 Å². The number of urea groups is 1. The molecule has 0 saturated carbocycles. The molecule has 2 amide bonds. The summed E-state index contributed by atoms with van der Waals surface area (Å²) in [5.41, 5.74) is 1.29. The molecule has 0 unspecified atom stereocenters. The molecule has 0 bridgehead atoms. The molecule has 1 aromatic carbocycles. The van der Waals surface area contributed by atoms with Crippen molar-refractivity contribution in [2.75, 3.05) is 27.2 Å². The molecule has 21 heavy (non-hydrogen) atoms. The molecule has 1 saturated heterocycles. The summed E-state index contributed by atoms with van der Waals surface area (Å²) in [6.45, 7) is 3.86. The van der Waals surface area contributed by atoms with Gasteiger partial charge in [0.25, 0.3) is 0 Å². The van der Waals surface area contributed by atoms with E-state index in [1.165, 1.54) is 5.56 Å². The number of halogens is 1. The van der Waals surface area contributed by atoms with Crippen LogP contribution in [0.5, 0.6) is 0 Å². The molecule has 1 atom stereocenters. The van der Waals surface area contributed by atoms with Crippen LogP contribution in [0.3, 0.4) is 0 Å². The second kappa shape index (κ2) is 7.27. The highest BCUT2D eigenvalue weighted by atomic mass is 79.9. The molecule has 5 heteroatoms. The van der Waals surface area contributed by atoms with Gasteiger partial charge in [0.15, 0.2) is 0 Å². The summed E-state index contributed by atoms with van der Waals surface area (Å²) in [7, 11) is 3.62. The maximum atomic E-state index is 11.9. The number of carbonyl (C=O) groups is 1. The predicted molar refractivity (Wildman–Crippen MR) is 89.4 cm³/mol. The molecule has 1 aliphatic heterocycles. The molecular weight excluding hydrogens is 330 g/mol. The minimum absolute atomic E-state index is 0.119. The Bertz CT molecular complexity index is 484. The highest BCUT2D eigenvalue weighted by Gasteiger charge is 2.24. The minimum Gasteiger partial charge on any atom is -0.331 e. The average Bonchev–Trinajstić information content (AvgIpc) is 2.47. The normalized spacial score (nSPS) is 17.6. The van der Waals surface area contributed by atoms with Crippen LogP contribution in [0.25, 0.3) is 0 Å². The largest absolute Gasteiger partial charge is 0.331 e. The highest BCUT2D eigenvalue weighted by molar-refractivity contribution is 9.10. The third-order valence-electron chi connectivity index (χ3n) is 3.98. The Morgan fingerprint density at radius 1 is 1.38 bits per heavy atom. The van der Waals surface area contributed by atoms with Crippen LogP contribution in [0.4, 0.5) is 4.79 Å². The van der Waals surface area contributed by atoms with E-state index in [1.807, 2.05) is 25.1 Å². The van der Waals surface area contributed by atoms with Crippen molar-refractivity contribution in [3.63, 3.8) is 0 Å². The van der Waals surface area contributed by atoms with Crippen molar-refractivity contribution in [1.82, 2.24) is 15.1 Å². The Morgan fingerprint density at radius 3 is 2.62 bits per heavy atom. The monoisotopic (exact) mass is 353 g/mol. The van der Waals surface area contributed by atoms with Gasteiger partial charge in [0.05, 0.1) is 0 Å². The van der Waals surface area contributed by atoms with Gasteiger partial charge in [-0.15, -0.1) is 0 Å². The fraction of sp³-hybridized carbons (Fsp3) is 0.562. The van der Waals surface area contributed by atoms with Gasteiger partial charge in [0.1, 0.15) is 0 Å². The standard InChI is InChI=1S/C16H24BrN3O/c1-12(13-5-4-6-14(17)11-13)18-15-7-9-20(10-8-15)16(21)19(2)3/h4-6,11-12,15,18H,7-10H2,1-3H3/t12-/m1/s1. The van der Waals surface area contributed by atoms with Gasteiger partial charge in [-0.25, -0.2) is 4.79 Å². The number of amides is 2. The lowest BCUT2D eigenvalue weighted by Gasteiger charge is -2.35. The quantitative estimate of drug-likeness (QED) is 0.905. The van der Waals surface area contributed by atoms with Gasteiger partial charge in [-0.1, -0.05) is 28.1 Å². The number of piperidine rings is 1. The van der Waals surface area contributed by atoms with E-state index in [4.69, 9.17) is 0 Å². The molecule has 1 aliphatic rings. The minimum atomic E-state index is 0.119. The van der Waals surface area contributed by atoms with Crippen molar-refractivity contribution < 1.29 is 4.79 Å². The van der Waals surface area contributed by atoms with Gasteiger partial charge >= 0.3 is 6.03 Å². The van der Waals surface area contributed by atoms with Crippen LogP contribution in [0, 0.1) is 0 Å². The van der Waals surface area contributed by atoms with Crippen LogP contribution in [-0.4, -0.2) is 49.1 Å². The average molecular weight is 354 g/mol. The van der Waals surface area contributed by atoms with E-state index in [-0.39, 0.29) is 6.03 Å². The van der Waals surface area contributed by atoms with Gasteiger partial charge in [0.2, 0.25) is 0 Å². The lowest BCUT2D eigenvalue weighted by atomic mass is 10.0. The number of hydrogen-bond donors (Lipinski definition) is 1. The number of benzene rings is 1. The maximum absolute atomic E-state index is 11.9. The Balaban J connectivity index is 1.85. The molecular formula is C16H24BrN3O. The Hall–Kier alpha value is -1.07. The smallest absolute Gasteiger partial charge is 0.319 e. The number of hydrogen-bond acceptors (Lipinski definition) is 2. The van der Waals surface area contributed by atoms with E-state index in [0.29, 0.717) is 12.1 Å². The fourth-order valence-electron chi connectivity index (χ4n) is 2.75. The van der Waals surface area contributed by atoms with Crippen molar-refractivity contribution in [2.45, 2.75) is 31.8 Å². The summed E-state index contributed by atoms with van der Waals surface area (Å²) in [5, 5.41) is 3.68. The topological polar surface area (TPSA) is 35.6 Å². The first-order valence-corrected chi connectivity index (χ1v) is 8.24. The van der Waals surface area contributed by atoms with Crippen LogP contribution in [-0.2, 0) is 0 Å². The SMILES string of the molecule is C[C@@H](NC1CCN(C(=O)N(C)C)CC1)c1cccc(Br)c1. The molecule has 4 nitrogen and oxygen atoms in total. The molecule has 0 spiro atoms. The van der Waals surface area contributed by atoms with E-state index in [9.17, 15) is 4.79 Å². The zero-order valence-corrected chi connectivity index (χ0v) is 14.6. The Kier molecular flexibility index (Phi) is 5.65. The summed E-state index contributed by atoms with van der Waals surface area (Å²) in [4.78, 5) is 15.5. The molecule has 0 aliphatic carbocycles. The first-order chi connectivity index (χ1) is 9.97. The second-order valence-corrected chi connectivity index (χ2v) is 6.80. The number of likely N-dealkylation sites (tertiary alicyclic amines) is 1. The van der Waals surface area contributed by atoms with E-state index < -0.39 is 0 Å². The van der Waals surface area contributed by atoms with Gasteiger partial charge in [-0.05, 0) is 37.5 Å². The first-order valence-electron chi connectivity index (χ1n) is 7.45. The summed E-state index contributed by atoms with van der Waals surface area (Å²) in [6, 6.07) is 9.33. The van der Waals surface area contributed by atoms with E-state index in [0.717, 1.165) is 30.4 Å². The van der Waals surface area contributed by atoms with E-state index in [2.05, 4.69) is 46.4 Å². The number of nitrogens with one attached hydrogen (secondary N) is 1. The molecule has 1 N–H and O–H groups in total. The summed E-state index contributed by atoms with van der Waals surface area (Å²) in [5.74, 6) is 0. The highest BCUT2D eigenvalue weighted by Crippen LogP contribution is 2.20. The third kappa shape index (κ3) is 4.45. The van der Waals surface area contributed by atoms with Crippen LogP contribution in [0.2, 0.25) is 0 Å². The second-order valence-electron chi connectivity index (χ2n) is 5.88. The van der Waals surface area contributed by atoms with E-state index in [1.54, 1.807) is 4.90 Å². The maximum Gasteiger partial charge on any atom is 0.319 e. The lowest BCUT2D eigenvalue weighted by Crippen LogP contribution is -2.48. The summed E-state index contributed by atoms with van der Waals surface area (Å²) >= 11 is 3.52. The van der Waals surface area contributed by atoms with Crippen molar-refractivity contribution >= 4 is 22.0 Å². The molecule has 0 radical (unpaired) electrons. The number of nitrogens with zero attached hydrogens (tertiary/aromatic N) is 2. The zero-order chi connectivity index (χ0) is 15.4. The lowest BCUT2D eigenvalue weighted by molar-refractivity contribution is 0.151. The molecule has 1 aromatic rings. The molecule has 1 fully saturated rings. The molecule has 1 heterocycles. The van der Waals surface area contributed by atoms with Gasteiger partial charge in [0, 0.05) is 43.7 Å². The predicted octanol–water partition coefficient (Wildman–Crippen LogP) is 3.25. The molecule has 2 rings (SSSR count). The Morgan fingerprint density at radius 2 is 2.05 bits per heavy atom. The molecule has 116 valence electrons. The Labute approximate surface area is 135 Å². The van der Waals surface area contributed by atoms with Gasteiger partial charge in [-0.3, -0.25) is 0 Å². The number of carbonyl (C=O) groups excluding carboxylic acids is 1. The van der Waals surface area contributed by atoms with Gasteiger partial charge in [-0.2, -0.15) is 0 Å². The van der Waals surface area contributed by atoms with Crippen molar-refractivity contribution in [3.05, 3.63) is 34.3 Å². The van der Waals surface area contributed by atoms with Crippen molar-refractivity contribution in [1.29, 1.82) is 0 Å². The van der Waals surface area contributed by atoms with E-state index >= 15 is 0 Å². The van der Waals surface area contributed by atoms with Crippen LogP contribution >= 0.6 is 15.9 Å². The number of rotatable bonds is 3. The van der Waals surface area contributed by atoms with Gasteiger partial charge < -0.3 is 15.1 Å². The van der Waals surface area contributed by atoms with Crippen LogP contribution < -0.4 is 5.32 Å². The van der Waals surface area contributed by atoms with Crippen LogP contribution in [0.15, 0.2) is 28.7 Å². The fourth-order valence-corrected chi connectivity index (χ4v) is 3.16. The summed E-state index contributed by atoms with van der Waals surface area (Å²) in [6.07, 6.45) is 2.02. The zero-order valence-electron chi connectivity index (χ0n) is 13.0.